The molecule has 2 rings (SSSR count). The van der Waals surface area contributed by atoms with Gasteiger partial charge in [-0.05, 0) is 38.8 Å². The number of nitrogens with one attached hydrogen (secondary N) is 1. The lowest BCUT2D eigenvalue weighted by atomic mass is 9.93. The van der Waals surface area contributed by atoms with Gasteiger partial charge < -0.3 is 10.4 Å². The van der Waals surface area contributed by atoms with Gasteiger partial charge in [-0.15, -0.1) is 5.10 Å². The highest BCUT2D eigenvalue weighted by atomic mass is 16.4. The minimum Gasteiger partial charge on any atom is -0.476 e. The van der Waals surface area contributed by atoms with E-state index in [9.17, 15) is 4.79 Å². The molecule has 1 aliphatic rings. The highest BCUT2D eigenvalue weighted by Gasteiger charge is 2.22. The lowest BCUT2D eigenvalue weighted by Gasteiger charge is -2.27. The summed E-state index contributed by atoms with van der Waals surface area (Å²) in [4.78, 5) is 10.7. The van der Waals surface area contributed by atoms with Crippen LogP contribution in [0.1, 0.15) is 36.3 Å². The standard InChI is InChI=1S/C10H16N4O2/c1-7(8-3-2-4-11-5-8)14-6-9(10(15)16)12-13-14/h6-8,11H,2-5H2,1H3,(H,15,16)/t7-,8-/m0/s1. The Labute approximate surface area is 93.6 Å². The minimum atomic E-state index is -1.03. The number of carboxylic acids is 1. The molecule has 0 aliphatic carbocycles. The summed E-state index contributed by atoms with van der Waals surface area (Å²) >= 11 is 0. The van der Waals surface area contributed by atoms with Crippen LogP contribution in [0.25, 0.3) is 0 Å². The van der Waals surface area contributed by atoms with E-state index in [2.05, 4.69) is 22.6 Å². The summed E-state index contributed by atoms with van der Waals surface area (Å²) in [6, 6.07) is 0.188. The second-order valence-corrected chi connectivity index (χ2v) is 4.24. The van der Waals surface area contributed by atoms with Gasteiger partial charge in [0.05, 0.1) is 12.2 Å². The van der Waals surface area contributed by atoms with Crippen LogP contribution >= 0.6 is 0 Å². The van der Waals surface area contributed by atoms with E-state index in [1.54, 1.807) is 4.68 Å². The van der Waals surface area contributed by atoms with Crippen molar-refractivity contribution in [3.05, 3.63) is 11.9 Å². The fourth-order valence-corrected chi connectivity index (χ4v) is 2.08. The topological polar surface area (TPSA) is 80.0 Å². The molecule has 16 heavy (non-hydrogen) atoms. The Hall–Kier alpha value is -1.43. The van der Waals surface area contributed by atoms with E-state index in [0.29, 0.717) is 5.92 Å². The Morgan fingerprint density at radius 3 is 3.12 bits per heavy atom. The SMILES string of the molecule is C[C@@H]([C@H]1CCCNC1)n1cc(C(=O)O)nn1. The van der Waals surface area contributed by atoms with Crippen molar-refractivity contribution >= 4 is 5.97 Å². The molecule has 6 heteroatoms. The number of aromatic carboxylic acids is 1. The van der Waals surface area contributed by atoms with E-state index in [1.807, 2.05) is 0 Å². The highest BCUT2D eigenvalue weighted by Crippen LogP contribution is 2.23. The van der Waals surface area contributed by atoms with E-state index in [4.69, 9.17) is 5.11 Å². The summed E-state index contributed by atoms with van der Waals surface area (Å²) in [5.74, 6) is -0.530. The molecule has 0 amide bonds. The van der Waals surface area contributed by atoms with Crippen molar-refractivity contribution in [3.8, 4) is 0 Å². The summed E-state index contributed by atoms with van der Waals surface area (Å²) < 4.78 is 1.65. The van der Waals surface area contributed by atoms with E-state index in [0.717, 1.165) is 25.9 Å². The summed E-state index contributed by atoms with van der Waals surface area (Å²) in [5, 5.41) is 19.6. The first kappa shape index (κ1) is 11.1. The van der Waals surface area contributed by atoms with Crippen LogP contribution < -0.4 is 5.32 Å². The van der Waals surface area contributed by atoms with Gasteiger partial charge in [0.1, 0.15) is 0 Å². The molecule has 0 unspecified atom stereocenters. The Morgan fingerprint density at radius 2 is 2.56 bits per heavy atom. The summed E-state index contributed by atoms with van der Waals surface area (Å²) in [6.07, 6.45) is 3.81. The molecule has 1 aliphatic heterocycles. The first-order valence-corrected chi connectivity index (χ1v) is 5.54. The molecule has 1 fully saturated rings. The Bertz CT molecular complexity index is 371. The minimum absolute atomic E-state index is 0.00983. The molecular weight excluding hydrogens is 208 g/mol. The molecule has 88 valence electrons. The van der Waals surface area contributed by atoms with Gasteiger partial charge in [0.25, 0.3) is 0 Å². The van der Waals surface area contributed by atoms with Crippen molar-refractivity contribution in [2.75, 3.05) is 13.1 Å². The molecule has 1 aromatic heterocycles. The smallest absolute Gasteiger partial charge is 0.358 e. The zero-order valence-electron chi connectivity index (χ0n) is 9.26. The second kappa shape index (κ2) is 4.61. The molecule has 1 saturated heterocycles. The molecule has 1 aromatic rings. The van der Waals surface area contributed by atoms with Gasteiger partial charge in [-0.3, -0.25) is 0 Å². The molecule has 0 bridgehead atoms. The first-order chi connectivity index (χ1) is 7.68. The summed E-state index contributed by atoms with van der Waals surface area (Å²) in [5.41, 5.74) is 0.00983. The van der Waals surface area contributed by atoms with Crippen molar-refractivity contribution in [2.45, 2.75) is 25.8 Å². The van der Waals surface area contributed by atoms with Gasteiger partial charge in [0.2, 0.25) is 0 Å². The third kappa shape index (κ3) is 2.21. The monoisotopic (exact) mass is 224 g/mol. The summed E-state index contributed by atoms with van der Waals surface area (Å²) in [6.45, 7) is 4.09. The molecule has 0 radical (unpaired) electrons. The number of piperidine rings is 1. The Morgan fingerprint density at radius 1 is 1.75 bits per heavy atom. The van der Waals surface area contributed by atoms with Crippen molar-refractivity contribution in [3.63, 3.8) is 0 Å². The molecule has 0 aromatic carbocycles. The van der Waals surface area contributed by atoms with Crippen LogP contribution in [0.4, 0.5) is 0 Å². The lowest BCUT2D eigenvalue weighted by Crippen LogP contribution is -2.34. The largest absolute Gasteiger partial charge is 0.476 e. The number of carbonyl (C=O) groups is 1. The fraction of sp³-hybridized carbons (Fsp3) is 0.700. The normalized spacial score (nSPS) is 22.9. The van der Waals surface area contributed by atoms with E-state index >= 15 is 0 Å². The predicted octanol–water partition coefficient (Wildman–Crippen LogP) is 0.537. The van der Waals surface area contributed by atoms with E-state index < -0.39 is 5.97 Å². The van der Waals surface area contributed by atoms with Crippen LogP contribution in [0.2, 0.25) is 0 Å². The number of nitrogens with zero attached hydrogens (tertiary/aromatic N) is 3. The third-order valence-electron chi connectivity index (χ3n) is 3.16. The Kier molecular flexibility index (Phi) is 3.19. The summed E-state index contributed by atoms with van der Waals surface area (Å²) in [7, 11) is 0. The molecule has 2 atom stereocenters. The third-order valence-corrected chi connectivity index (χ3v) is 3.16. The molecule has 0 spiro atoms. The van der Waals surface area contributed by atoms with Crippen LogP contribution in [0.3, 0.4) is 0 Å². The number of carboxylic acid groups (broad SMARTS) is 1. The van der Waals surface area contributed by atoms with Crippen LogP contribution in [0.15, 0.2) is 6.20 Å². The van der Waals surface area contributed by atoms with Gasteiger partial charge in [-0.1, -0.05) is 5.21 Å². The second-order valence-electron chi connectivity index (χ2n) is 4.24. The zero-order valence-corrected chi connectivity index (χ0v) is 9.26. The van der Waals surface area contributed by atoms with Crippen LogP contribution in [-0.2, 0) is 0 Å². The number of rotatable bonds is 3. The quantitative estimate of drug-likeness (QED) is 0.783. The molecule has 2 N–H and O–H groups in total. The maximum Gasteiger partial charge on any atom is 0.358 e. The van der Waals surface area contributed by atoms with Gasteiger partial charge in [-0.2, -0.15) is 0 Å². The molecular formula is C10H16N4O2. The van der Waals surface area contributed by atoms with Gasteiger partial charge in [-0.25, -0.2) is 9.48 Å². The zero-order chi connectivity index (χ0) is 11.5. The maximum absolute atomic E-state index is 10.7. The molecule has 2 heterocycles. The lowest BCUT2D eigenvalue weighted by molar-refractivity contribution is 0.0690. The van der Waals surface area contributed by atoms with E-state index in [-0.39, 0.29) is 11.7 Å². The average molecular weight is 224 g/mol. The maximum atomic E-state index is 10.7. The number of hydrogen-bond acceptors (Lipinski definition) is 4. The van der Waals surface area contributed by atoms with Crippen molar-refractivity contribution < 1.29 is 9.90 Å². The van der Waals surface area contributed by atoms with Crippen LogP contribution in [0.5, 0.6) is 0 Å². The number of aromatic nitrogens is 3. The average Bonchev–Trinajstić information content (AvgIpc) is 2.78. The predicted molar refractivity (Wildman–Crippen MR) is 57.3 cm³/mol. The highest BCUT2D eigenvalue weighted by molar-refractivity contribution is 5.84. The van der Waals surface area contributed by atoms with Crippen LogP contribution in [0, 0.1) is 5.92 Å². The van der Waals surface area contributed by atoms with Crippen molar-refractivity contribution in [2.24, 2.45) is 5.92 Å². The number of hydrogen-bond donors (Lipinski definition) is 2. The fourth-order valence-electron chi connectivity index (χ4n) is 2.08. The molecule has 0 saturated carbocycles. The van der Waals surface area contributed by atoms with Gasteiger partial charge in [0, 0.05) is 0 Å². The molecule has 6 nitrogen and oxygen atoms in total. The van der Waals surface area contributed by atoms with Crippen molar-refractivity contribution in [1.82, 2.24) is 20.3 Å². The van der Waals surface area contributed by atoms with Gasteiger partial charge >= 0.3 is 5.97 Å². The van der Waals surface area contributed by atoms with Crippen LogP contribution in [-0.4, -0.2) is 39.2 Å². The van der Waals surface area contributed by atoms with Crippen molar-refractivity contribution in [1.29, 1.82) is 0 Å². The van der Waals surface area contributed by atoms with Gasteiger partial charge in [0.15, 0.2) is 5.69 Å². The van der Waals surface area contributed by atoms with E-state index in [1.165, 1.54) is 6.20 Å². The Balaban J connectivity index is 2.07. The first-order valence-electron chi connectivity index (χ1n) is 5.54.